The third kappa shape index (κ3) is 2.81. The zero-order valence-corrected chi connectivity index (χ0v) is 11.2. The summed E-state index contributed by atoms with van der Waals surface area (Å²) < 4.78 is 0.684. The van der Waals surface area contributed by atoms with E-state index in [1.54, 1.807) is 13.0 Å². The molecule has 0 saturated heterocycles. The summed E-state index contributed by atoms with van der Waals surface area (Å²) in [4.78, 5) is 30.0. The lowest BCUT2D eigenvalue weighted by molar-refractivity contribution is -0.129. The van der Waals surface area contributed by atoms with E-state index in [1.807, 2.05) is 0 Å². The quantitative estimate of drug-likeness (QED) is 0.726. The van der Waals surface area contributed by atoms with Crippen LogP contribution in [0.2, 0.25) is 0 Å². The van der Waals surface area contributed by atoms with Crippen LogP contribution in [-0.2, 0) is 4.79 Å². The molecule has 2 aromatic rings. The number of aromatic nitrogens is 1. The molecule has 7 nitrogen and oxygen atoms in total. The van der Waals surface area contributed by atoms with Gasteiger partial charge < -0.3 is 15.9 Å². The number of rotatable bonds is 4. The Morgan fingerprint density at radius 2 is 2.10 bits per heavy atom. The predicted octanol–water partition coefficient (Wildman–Crippen LogP) is 1.17. The number of benzene rings is 1. The maximum atomic E-state index is 11.2. The molecule has 20 heavy (non-hydrogen) atoms. The van der Waals surface area contributed by atoms with Crippen molar-refractivity contribution in [3.8, 4) is 0 Å². The Morgan fingerprint density at radius 1 is 1.40 bits per heavy atom. The fourth-order valence-corrected chi connectivity index (χ4v) is 2.50. The van der Waals surface area contributed by atoms with E-state index in [0.29, 0.717) is 10.2 Å². The molecule has 0 saturated carbocycles. The summed E-state index contributed by atoms with van der Waals surface area (Å²) in [5.41, 5.74) is 5.76. The molecule has 0 fully saturated rings. The molecular formula is C12H11N3O4S. The molecule has 0 radical (unpaired) electrons. The fraction of sp³-hybridized carbons (Fsp3) is 0.167. The molecule has 0 aliphatic rings. The van der Waals surface area contributed by atoms with Crippen LogP contribution in [-0.4, -0.2) is 39.0 Å². The van der Waals surface area contributed by atoms with Crippen LogP contribution in [0.1, 0.15) is 22.3 Å². The molecule has 1 heterocycles. The lowest BCUT2D eigenvalue weighted by Gasteiger charge is -1.99. The average molecular weight is 293 g/mol. The molecule has 1 atom stereocenters. The Hall–Kier alpha value is -2.32. The second kappa shape index (κ2) is 5.35. The summed E-state index contributed by atoms with van der Waals surface area (Å²) in [5.74, 6) is -2.29. The SMILES string of the molecule is C[C@@H](N)N=C(C(=O)O)c1nc2cc(C(=O)O)ccc2s1. The van der Waals surface area contributed by atoms with Crippen LogP contribution in [0, 0.1) is 0 Å². The van der Waals surface area contributed by atoms with Gasteiger partial charge >= 0.3 is 11.9 Å². The van der Waals surface area contributed by atoms with Gasteiger partial charge in [-0.3, -0.25) is 4.99 Å². The highest BCUT2D eigenvalue weighted by Gasteiger charge is 2.18. The van der Waals surface area contributed by atoms with Crippen molar-refractivity contribution in [3.05, 3.63) is 28.8 Å². The van der Waals surface area contributed by atoms with Crippen LogP contribution >= 0.6 is 11.3 Å². The van der Waals surface area contributed by atoms with Crippen LogP contribution in [0.25, 0.3) is 10.2 Å². The van der Waals surface area contributed by atoms with Crippen molar-refractivity contribution in [1.82, 2.24) is 4.98 Å². The highest BCUT2D eigenvalue weighted by Crippen LogP contribution is 2.24. The molecule has 2 rings (SSSR count). The average Bonchev–Trinajstić information content (AvgIpc) is 2.77. The smallest absolute Gasteiger partial charge is 0.357 e. The van der Waals surface area contributed by atoms with Gasteiger partial charge in [-0.05, 0) is 25.1 Å². The van der Waals surface area contributed by atoms with E-state index in [2.05, 4.69) is 9.98 Å². The van der Waals surface area contributed by atoms with Gasteiger partial charge in [-0.25, -0.2) is 14.6 Å². The first-order valence-electron chi connectivity index (χ1n) is 5.59. The largest absolute Gasteiger partial charge is 0.478 e. The Morgan fingerprint density at radius 3 is 2.65 bits per heavy atom. The summed E-state index contributed by atoms with van der Waals surface area (Å²) in [5, 5.41) is 18.2. The summed E-state index contributed by atoms with van der Waals surface area (Å²) in [6.45, 7) is 1.55. The van der Waals surface area contributed by atoms with E-state index in [-0.39, 0.29) is 16.3 Å². The molecule has 0 aliphatic carbocycles. The second-order valence-corrected chi connectivity index (χ2v) is 5.06. The molecule has 104 valence electrons. The van der Waals surface area contributed by atoms with Crippen molar-refractivity contribution in [2.45, 2.75) is 13.1 Å². The molecule has 8 heteroatoms. The normalized spacial score (nSPS) is 13.4. The Labute approximate surface area is 117 Å². The number of aliphatic carboxylic acids is 1. The minimum absolute atomic E-state index is 0.0929. The maximum Gasteiger partial charge on any atom is 0.357 e. The molecule has 0 bridgehead atoms. The number of hydrogen-bond donors (Lipinski definition) is 3. The van der Waals surface area contributed by atoms with Gasteiger partial charge in [0.15, 0.2) is 5.71 Å². The standard InChI is InChI=1S/C12H11N3O4S/c1-5(13)14-9(12(18)19)10-15-7-4-6(11(16)17)2-3-8(7)20-10/h2-5H,13H2,1H3,(H,16,17)(H,18,19)/t5-/m0/s1. The third-order valence-electron chi connectivity index (χ3n) is 2.37. The minimum atomic E-state index is -1.22. The zero-order valence-electron chi connectivity index (χ0n) is 10.4. The first kappa shape index (κ1) is 14.1. The summed E-state index contributed by atoms with van der Waals surface area (Å²) >= 11 is 1.12. The first-order valence-corrected chi connectivity index (χ1v) is 6.41. The Bertz CT molecular complexity index is 721. The molecule has 1 aromatic heterocycles. The van der Waals surface area contributed by atoms with E-state index in [1.165, 1.54) is 12.1 Å². The van der Waals surface area contributed by atoms with Gasteiger partial charge in [0, 0.05) is 0 Å². The van der Waals surface area contributed by atoms with Gasteiger partial charge in [0.05, 0.1) is 21.9 Å². The number of carbonyl (C=O) groups is 2. The van der Waals surface area contributed by atoms with Gasteiger partial charge in [-0.15, -0.1) is 11.3 Å². The number of aromatic carboxylic acids is 1. The molecule has 0 spiro atoms. The number of carboxylic acids is 2. The van der Waals surface area contributed by atoms with Crippen molar-refractivity contribution in [2.24, 2.45) is 10.7 Å². The van der Waals surface area contributed by atoms with Crippen LogP contribution in [0.5, 0.6) is 0 Å². The third-order valence-corrected chi connectivity index (χ3v) is 3.42. The number of nitrogens with zero attached hydrogens (tertiary/aromatic N) is 2. The van der Waals surface area contributed by atoms with Crippen molar-refractivity contribution < 1.29 is 19.8 Å². The number of carboxylic acid groups (broad SMARTS) is 2. The Kier molecular flexibility index (Phi) is 3.77. The number of hydrogen-bond acceptors (Lipinski definition) is 6. The van der Waals surface area contributed by atoms with Gasteiger partial charge in [-0.2, -0.15) is 0 Å². The van der Waals surface area contributed by atoms with E-state index >= 15 is 0 Å². The van der Waals surface area contributed by atoms with Gasteiger partial charge in [0.25, 0.3) is 0 Å². The van der Waals surface area contributed by atoms with Crippen LogP contribution in [0.4, 0.5) is 0 Å². The molecule has 0 aliphatic heterocycles. The number of fused-ring (bicyclic) bond motifs is 1. The van der Waals surface area contributed by atoms with Gasteiger partial charge in [-0.1, -0.05) is 0 Å². The predicted molar refractivity (Wildman–Crippen MR) is 74.4 cm³/mol. The second-order valence-electron chi connectivity index (χ2n) is 4.03. The number of nitrogens with two attached hydrogens (primary N) is 1. The van der Waals surface area contributed by atoms with Crippen LogP contribution in [0.15, 0.2) is 23.2 Å². The number of thiazole rings is 1. The molecular weight excluding hydrogens is 282 g/mol. The fourth-order valence-electron chi connectivity index (χ4n) is 1.57. The van der Waals surface area contributed by atoms with Crippen molar-refractivity contribution in [3.63, 3.8) is 0 Å². The van der Waals surface area contributed by atoms with Crippen molar-refractivity contribution >= 4 is 39.2 Å². The van der Waals surface area contributed by atoms with Gasteiger partial charge in [0.1, 0.15) is 5.01 Å². The number of aliphatic imine (C=N–C) groups is 1. The minimum Gasteiger partial charge on any atom is -0.478 e. The molecule has 0 unspecified atom stereocenters. The zero-order chi connectivity index (χ0) is 14.9. The first-order chi connectivity index (χ1) is 9.38. The van der Waals surface area contributed by atoms with E-state index < -0.39 is 18.1 Å². The molecule has 1 aromatic carbocycles. The molecule has 0 amide bonds. The Balaban J connectivity index is 2.55. The van der Waals surface area contributed by atoms with E-state index in [9.17, 15) is 9.59 Å². The lowest BCUT2D eigenvalue weighted by Crippen LogP contribution is -2.21. The highest BCUT2D eigenvalue weighted by atomic mass is 32.1. The van der Waals surface area contributed by atoms with Crippen molar-refractivity contribution in [2.75, 3.05) is 0 Å². The molecule has 4 N–H and O–H groups in total. The summed E-state index contributed by atoms with van der Waals surface area (Å²) in [7, 11) is 0. The summed E-state index contributed by atoms with van der Waals surface area (Å²) in [6, 6.07) is 4.42. The van der Waals surface area contributed by atoms with Crippen LogP contribution < -0.4 is 5.73 Å². The van der Waals surface area contributed by atoms with Crippen molar-refractivity contribution in [1.29, 1.82) is 0 Å². The topological polar surface area (TPSA) is 126 Å². The van der Waals surface area contributed by atoms with E-state index in [0.717, 1.165) is 11.3 Å². The van der Waals surface area contributed by atoms with Gasteiger partial charge in [0.2, 0.25) is 0 Å². The monoisotopic (exact) mass is 293 g/mol. The lowest BCUT2D eigenvalue weighted by atomic mass is 10.2. The van der Waals surface area contributed by atoms with Crippen LogP contribution in [0.3, 0.4) is 0 Å². The van der Waals surface area contributed by atoms with E-state index in [4.69, 9.17) is 15.9 Å². The summed E-state index contributed by atoms with van der Waals surface area (Å²) in [6.07, 6.45) is -0.664. The maximum absolute atomic E-state index is 11.2. The highest BCUT2D eigenvalue weighted by molar-refractivity contribution is 7.21.